The van der Waals surface area contributed by atoms with Crippen molar-refractivity contribution < 1.29 is 13.6 Å². The maximum absolute atomic E-state index is 10.6. The summed E-state index contributed by atoms with van der Waals surface area (Å²) in [7, 11) is 1.62. The highest BCUT2D eigenvalue weighted by atomic mass is 32.2. The molecule has 1 aromatic carbocycles. The van der Waals surface area contributed by atoms with Crippen LogP contribution in [0.5, 0.6) is 0 Å². The first-order chi connectivity index (χ1) is 6.19. The zero-order chi connectivity index (χ0) is 9.84. The van der Waals surface area contributed by atoms with Crippen molar-refractivity contribution in [3.05, 3.63) is 23.8 Å². The van der Waals surface area contributed by atoms with Crippen LogP contribution in [0.3, 0.4) is 0 Å². The van der Waals surface area contributed by atoms with Crippen molar-refractivity contribution in [2.24, 2.45) is 0 Å². The van der Waals surface area contributed by atoms with E-state index in [9.17, 15) is 13.6 Å². The van der Waals surface area contributed by atoms with Gasteiger partial charge in [0.15, 0.2) is 6.29 Å². The van der Waals surface area contributed by atoms with Crippen LogP contribution in [0.4, 0.5) is 5.69 Å². The summed E-state index contributed by atoms with van der Waals surface area (Å²) in [5.41, 5.74) is 0.952. The summed E-state index contributed by atoms with van der Waals surface area (Å²) in [4.78, 5) is 10.6. The summed E-state index contributed by atoms with van der Waals surface area (Å²) in [6, 6.07) is 4.25. The van der Waals surface area contributed by atoms with Gasteiger partial charge in [-0.2, -0.15) is 0 Å². The molecule has 5 heteroatoms. The molecule has 0 amide bonds. The first-order valence-electron chi connectivity index (χ1n) is 3.55. The van der Waals surface area contributed by atoms with Gasteiger partial charge in [0.1, 0.15) is 0 Å². The molecule has 0 saturated carbocycles. The van der Waals surface area contributed by atoms with Crippen LogP contribution in [0, 0.1) is 0 Å². The van der Waals surface area contributed by atoms with Crippen LogP contribution in [-0.2, 0) is 11.1 Å². The first kappa shape index (κ1) is 9.88. The van der Waals surface area contributed by atoms with Crippen molar-refractivity contribution in [2.45, 2.75) is 4.90 Å². The van der Waals surface area contributed by atoms with Gasteiger partial charge in [-0.15, -0.1) is 0 Å². The molecule has 0 radical (unpaired) electrons. The Balaban J connectivity index is 3.20. The molecule has 0 bridgehead atoms. The SMILES string of the molecule is CNc1cc(S(=O)[O-])ccc1C=O. The first-order valence-corrected chi connectivity index (χ1v) is 4.62. The maximum atomic E-state index is 10.6. The Morgan fingerprint density at radius 3 is 2.69 bits per heavy atom. The van der Waals surface area contributed by atoms with Crippen LogP contribution in [0.1, 0.15) is 10.4 Å². The van der Waals surface area contributed by atoms with Gasteiger partial charge in [0.25, 0.3) is 0 Å². The predicted octanol–water partition coefficient (Wildman–Crippen LogP) is 0.779. The molecule has 1 rings (SSSR count). The number of nitrogens with one attached hydrogen (secondary N) is 1. The van der Waals surface area contributed by atoms with Crippen LogP contribution in [-0.4, -0.2) is 22.1 Å². The molecular weight excluding hydrogens is 190 g/mol. The Labute approximate surface area is 78.3 Å². The fourth-order valence-electron chi connectivity index (χ4n) is 0.958. The number of hydrogen-bond acceptors (Lipinski definition) is 4. The smallest absolute Gasteiger partial charge is 0.152 e. The molecule has 13 heavy (non-hydrogen) atoms. The van der Waals surface area contributed by atoms with E-state index in [0.29, 0.717) is 17.5 Å². The van der Waals surface area contributed by atoms with E-state index in [1.54, 1.807) is 7.05 Å². The van der Waals surface area contributed by atoms with Gasteiger partial charge in [0, 0.05) is 23.2 Å². The van der Waals surface area contributed by atoms with Gasteiger partial charge in [-0.3, -0.25) is 9.00 Å². The summed E-state index contributed by atoms with van der Waals surface area (Å²) in [5, 5.41) is 2.74. The van der Waals surface area contributed by atoms with E-state index in [-0.39, 0.29) is 4.90 Å². The molecule has 1 atom stereocenters. The second kappa shape index (κ2) is 4.15. The number of carbonyl (C=O) groups is 1. The van der Waals surface area contributed by atoms with E-state index in [0.717, 1.165) is 0 Å². The minimum atomic E-state index is -2.26. The van der Waals surface area contributed by atoms with Crippen LogP contribution < -0.4 is 5.32 Å². The van der Waals surface area contributed by atoms with Gasteiger partial charge >= 0.3 is 0 Å². The highest BCUT2D eigenvalue weighted by molar-refractivity contribution is 7.79. The van der Waals surface area contributed by atoms with Crippen molar-refractivity contribution in [1.29, 1.82) is 0 Å². The molecule has 1 unspecified atom stereocenters. The Bertz CT molecular complexity index is 351. The maximum Gasteiger partial charge on any atom is 0.152 e. The van der Waals surface area contributed by atoms with Crippen molar-refractivity contribution >= 4 is 23.1 Å². The minimum Gasteiger partial charge on any atom is -0.768 e. The van der Waals surface area contributed by atoms with Crippen LogP contribution in [0.2, 0.25) is 0 Å². The van der Waals surface area contributed by atoms with E-state index in [1.165, 1.54) is 18.2 Å². The molecule has 4 nitrogen and oxygen atoms in total. The highest BCUT2D eigenvalue weighted by Gasteiger charge is 2.01. The average molecular weight is 198 g/mol. The minimum absolute atomic E-state index is 0.162. The number of rotatable bonds is 3. The third kappa shape index (κ3) is 2.13. The molecule has 0 saturated heterocycles. The Morgan fingerprint density at radius 2 is 2.23 bits per heavy atom. The molecular formula is C8H8NO3S-. The average Bonchev–Trinajstić information content (AvgIpc) is 2.16. The van der Waals surface area contributed by atoms with Gasteiger partial charge in [0.2, 0.25) is 0 Å². The van der Waals surface area contributed by atoms with Crippen molar-refractivity contribution in [2.75, 3.05) is 12.4 Å². The predicted molar refractivity (Wildman–Crippen MR) is 48.6 cm³/mol. The van der Waals surface area contributed by atoms with Gasteiger partial charge in [0.05, 0.1) is 0 Å². The van der Waals surface area contributed by atoms with Gasteiger partial charge in [-0.25, -0.2) is 0 Å². The lowest BCUT2D eigenvalue weighted by molar-refractivity contribution is 0.112. The second-order valence-electron chi connectivity index (χ2n) is 2.35. The topological polar surface area (TPSA) is 69.2 Å². The molecule has 1 N–H and O–H groups in total. The number of carbonyl (C=O) groups excluding carboxylic acids is 1. The molecule has 70 valence electrons. The number of anilines is 1. The third-order valence-electron chi connectivity index (χ3n) is 1.61. The van der Waals surface area contributed by atoms with E-state index >= 15 is 0 Å². The molecule has 0 aliphatic heterocycles. The molecule has 0 spiro atoms. The van der Waals surface area contributed by atoms with E-state index in [2.05, 4.69) is 5.32 Å². The highest BCUT2D eigenvalue weighted by Crippen LogP contribution is 2.17. The second-order valence-corrected chi connectivity index (χ2v) is 3.29. The molecule has 0 aromatic heterocycles. The van der Waals surface area contributed by atoms with Crippen molar-refractivity contribution in [3.8, 4) is 0 Å². The molecule has 0 fully saturated rings. The van der Waals surface area contributed by atoms with Gasteiger partial charge in [-0.1, -0.05) is 0 Å². The van der Waals surface area contributed by atoms with Gasteiger partial charge in [-0.05, 0) is 29.3 Å². The number of benzene rings is 1. The monoisotopic (exact) mass is 198 g/mol. The Kier molecular flexibility index (Phi) is 3.16. The Morgan fingerprint density at radius 1 is 1.54 bits per heavy atom. The standard InChI is InChI=1S/C8H9NO3S/c1-9-8-4-7(13(11)12)3-2-6(8)5-10/h2-5,9H,1H3,(H,11,12)/p-1. The summed E-state index contributed by atoms with van der Waals surface area (Å²) < 4.78 is 21.1. The molecule has 1 aromatic rings. The number of aldehydes is 1. The lowest BCUT2D eigenvalue weighted by Gasteiger charge is -2.09. The van der Waals surface area contributed by atoms with Crippen LogP contribution in [0.15, 0.2) is 23.1 Å². The van der Waals surface area contributed by atoms with Crippen molar-refractivity contribution in [3.63, 3.8) is 0 Å². The zero-order valence-corrected chi connectivity index (χ0v) is 7.76. The quantitative estimate of drug-likeness (QED) is 0.575. The van der Waals surface area contributed by atoms with Crippen molar-refractivity contribution in [1.82, 2.24) is 0 Å². The number of hydrogen-bond donors (Lipinski definition) is 1. The lowest BCUT2D eigenvalue weighted by Crippen LogP contribution is -1.97. The summed E-state index contributed by atoms with van der Waals surface area (Å²) >= 11 is -2.26. The largest absolute Gasteiger partial charge is 0.768 e. The fraction of sp³-hybridized carbons (Fsp3) is 0.125. The molecule has 0 aliphatic rings. The zero-order valence-electron chi connectivity index (χ0n) is 6.94. The summed E-state index contributed by atoms with van der Waals surface area (Å²) in [5.74, 6) is 0. The van der Waals surface area contributed by atoms with E-state index in [4.69, 9.17) is 0 Å². The molecule has 0 heterocycles. The molecule has 0 aliphatic carbocycles. The summed E-state index contributed by atoms with van der Waals surface area (Å²) in [6.07, 6.45) is 0.670. The summed E-state index contributed by atoms with van der Waals surface area (Å²) in [6.45, 7) is 0. The van der Waals surface area contributed by atoms with E-state index in [1.807, 2.05) is 0 Å². The van der Waals surface area contributed by atoms with E-state index < -0.39 is 11.1 Å². The van der Waals surface area contributed by atoms with Crippen LogP contribution in [0.25, 0.3) is 0 Å². The fourth-order valence-corrected chi connectivity index (χ4v) is 1.35. The Hall–Kier alpha value is -1.20. The van der Waals surface area contributed by atoms with Crippen LogP contribution >= 0.6 is 0 Å². The lowest BCUT2D eigenvalue weighted by atomic mass is 10.2. The van der Waals surface area contributed by atoms with Gasteiger partial charge < -0.3 is 9.87 Å². The third-order valence-corrected chi connectivity index (χ3v) is 2.25. The normalized spacial score (nSPS) is 12.2.